The third kappa shape index (κ3) is 3.84. The lowest BCUT2D eigenvalue weighted by Gasteiger charge is -2.35. The Hall–Kier alpha value is -3.15. The SMILES string of the molecule is Cc1ccc(C(=O)N2Cc3cccn3[C@H](CCOc3ccccn3)C2)nc1. The molecule has 1 aliphatic heterocycles. The second kappa shape index (κ2) is 7.61. The number of nitrogens with zero attached hydrogens (tertiary/aromatic N) is 4. The molecule has 0 aromatic carbocycles. The fourth-order valence-electron chi connectivity index (χ4n) is 3.40. The molecule has 0 saturated carbocycles. The summed E-state index contributed by atoms with van der Waals surface area (Å²) in [7, 11) is 0. The predicted molar refractivity (Wildman–Crippen MR) is 102 cm³/mol. The zero-order valence-electron chi connectivity index (χ0n) is 15.3. The molecule has 0 aliphatic carbocycles. The van der Waals surface area contributed by atoms with Crippen molar-refractivity contribution in [3.8, 4) is 5.88 Å². The van der Waals surface area contributed by atoms with Gasteiger partial charge in [0, 0.05) is 43.3 Å². The van der Waals surface area contributed by atoms with E-state index in [1.165, 1.54) is 0 Å². The lowest BCUT2D eigenvalue weighted by Crippen LogP contribution is -2.41. The van der Waals surface area contributed by atoms with E-state index in [9.17, 15) is 4.79 Å². The van der Waals surface area contributed by atoms with Crippen LogP contribution in [0.15, 0.2) is 61.1 Å². The van der Waals surface area contributed by atoms with Gasteiger partial charge in [-0.25, -0.2) is 4.98 Å². The predicted octanol–water partition coefficient (Wildman–Crippen LogP) is 3.25. The number of aryl methyl sites for hydroxylation is 1. The maximum Gasteiger partial charge on any atom is 0.272 e. The summed E-state index contributed by atoms with van der Waals surface area (Å²) in [5.74, 6) is 0.593. The molecule has 6 nitrogen and oxygen atoms in total. The molecule has 138 valence electrons. The number of hydrogen-bond acceptors (Lipinski definition) is 4. The lowest BCUT2D eigenvalue weighted by atomic mass is 10.1. The van der Waals surface area contributed by atoms with Crippen LogP contribution < -0.4 is 4.74 Å². The molecule has 0 saturated heterocycles. The minimum atomic E-state index is -0.0295. The topological polar surface area (TPSA) is 60.2 Å². The minimum absolute atomic E-state index is 0.0295. The number of rotatable bonds is 5. The van der Waals surface area contributed by atoms with E-state index in [1.54, 1.807) is 18.5 Å². The Morgan fingerprint density at radius 1 is 1.19 bits per heavy atom. The molecule has 3 aromatic rings. The molecule has 0 fully saturated rings. The molecular formula is C21H22N4O2. The van der Waals surface area contributed by atoms with Crippen LogP contribution in [0.25, 0.3) is 0 Å². The highest BCUT2D eigenvalue weighted by Gasteiger charge is 2.28. The van der Waals surface area contributed by atoms with Crippen molar-refractivity contribution in [2.45, 2.75) is 25.9 Å². The van der Waals surface area contributed by atoms with Crippen LogP contribution in [-0.2, 0) is 6.54 Å². The van der Waals surface area contributed by atoms with Crippen LogP contribution in [0.3, 0.4) is 0 Å². The first-order valence-corrected chi connectivity index (χ1v) is 9.12. The summed E-state index contributed by atoms with van der Waals surface area (Å²) in [5.41, 5.74) is 2.66. The van der Waals surface area contributed by atoms with E-state index >= 15 is 0 Å². The maximum absolute atomic E-state index is 12.9. The fourth-order valence-corrected chi connectivity index (χ4v) is 3.40. The number of pyridine rings is 2. The van der Waals surface area contributed by atoms with Crippen molar-refractivity contribution in [2.24, 2.45) is 0 Å². The first-order chi connectivity index (χ1) is 13.2. The molecule has 0 N–H and O–H groups in total. The van der Waals surface area contributed by atoms with Crippen LogP contribution in [0.1, 0.15) is 34.2 Å². The minimum Gasteiger partial charge on any atom is -0.478 e. The largest absolute Gasteiger partial charge is 0.478 e. The molecule has 1 atom stereocenters. The molecular weight excluding hydrogens is 340 g/mol. The third-order valence-corrected chi connectivity index (χ3v) is 4.80. The summed E-state index contributed by atoms with van der Waals surface area (Å²) in [6, 6.07) is 13.6. The fraction of sp³-hybridized carbons (Fsp3) is 0.286. The zero-order chi connectivity index (χ0) is 18.6. The number of ether oxygens (including phenoxy) is 1. The normalized spacial score (nSPS) is 16.0. The van der Waals surface area contributed by atoms with E-state index in [2.05, 4.69) is 26.8 Å². The van der Waals surface area contributed by atoms with Gasteiger partial charge in [0.05, 0.1) is 19.2 Å². The number of carbonyl (C=O) groups is 1. The summed E-state index contributed by atoms with van der Waals surface area (Å²) in [4.78, 5) is 23.2. The van der Waals surface area contributed by atoms with Gasteiger partial charge in [0.25, 0.3) is 5.91 Å². The highest BCUT2D eigenvalue weighted by molar-refractivity contribution is 5.92. The number of amides is 1. The Morgan fingerprint density at radius 3 is 2.89 bits per heavy atom. The smallest absolute Gasteiger partial charge is 0.272 e. The molecule has 4 heterocycles. The Balaban J connectivity index is 1.45. The molecule has 1 amide bonds. The highest BCUT2D eigenvalue weighted by atomic mass is 16.5. The van der Waals surface area contributed by atoms with Gasteiger partial charge in [0.1, 0.15) is 5.69 Å². The number of aromatic nitrogens is 3. The summed E-state index contributed by atoms with van der Waals surface area (Å²) in [5, 5.41) is 0. The maximum atomic E-state index is 12.9. The molecule has 1 aliphatic rings. The Bertz CT molecular complexity index is 905. The van der Waals surface area contributed by atoms with Crippen LogP contribution in [0, 0.1) is 6.92 Å². The monoisotopic (exact) mass is 362 g/mol. The average Bonchev–Trinajstić information content (AvgIpc) is 3.18. The highest BCUT2D eigenvalue weighted by Crippen LogP contribution is 2.25. The molecule has 0 bridgehead atoms. The van der Waals surface area contributed by atoms with Gasteiger partial charge >= 0.3 is 0 Å². The molecule has 3 aromatic heterocycles. The van der Waals surface area contributed by atoms with Crippen LogP contribution >= 0.6 is 0 Å². The summed E-state index contributed by atoms with van der Waals surface area (Å²) >= 11 is 0. The van der Waals surface area contributed by atoms with Gasteiger partial charge in [-0.3, -0.25) is 9.78 Å². The summed E-state index contributed by atoms with van der Waals surface area (Å²) < 4.78 is 8.00. The van der Waals surface area contributed by atoms with Gasteiger partial charge < -0.3 is 14.2 Å². The van der Waals surface area contributed by atoms with Crippen LogP contribution in [0.4, 0.5) is 0 Å². The Morgan fingerprint density at radius 2 is 2.11 bits per heavy atom. The van der Waals surface area contributed by atoms with Crippen molar-refractivity contribution in [1.29, 1.82) is 0 Å². The van der Waals surface area contributed by atoms with Crippen molar-refractivity contribution in [2.75, 3.05) is 13.2 Å². The third-order valence-electron chi connectivity index (χ3n) is 4.80. The molecule has 6 heteroatoms. The standard InChI is InChI=1S/C21H22N4O2/c1-16-7-8-19(23-13-16)21(26)24-14-17-5-4-11-25(17)18(15-24)9-12-27-20-6-2-3-10-22-20/h2-8,10-11,13,18H,9,12,14-15H2,1H3/t18-/m1/s1. The van der Waals surface area contributed by atoms with Gasteiger partial charge in [-0.15, -0.1) is 0 Å². The van der Waals surface area contributed by atoms with E-state index in [4.69, 9.17) is 4.74 Å². The van der Waals surface area contributed by atoms with Crippen LogP contribution in [-0.4, -0.2) is 38.5 Å². The second-order valence-electron chi connectivity index (χ2n) is 6.77. The van der Waals surface area contributed by atoms with Gasteiger partial charge in [0.2, 0.25) is 5.88 Å². The molecule has 4 rings (SSSR count). The van der Waals surface area contributed by atoms with Gasteiger partial charge in [-0.2, -0.15) is 0 Å². The Labute approximate surface area is 158 Å². The van der Waals surface area contributed by atoms with E-state index in [0.29, 0.717) is 31.3 Å². The molecule has 0 spiro atoms. The average molecular weight is 362 g/mol. The first-order valence-electron chi connectivity index (χ1n) is 9.12. The molecule has 0 unspecified atom stereocenters. The van der Waals surface area contributed by atoms with Crippen LogP contribution in [0.5, 0.6) is 5.88 Å². The number of hydrogen-bond donors (Lipinski definition) is 0. The lowest BCUT2D eigenvalue weighted by molar-refractivity contribution is 0.0659. The van der Waals surface area contributed by atoms with Gasteiger partial charge in [0.15, 0.2) is 0 Å². The van der Waals surface area contributed by atoms with Crippen molar-refractivity contribution in [3.05, 3.63) is 78.0 Å². The van der Waals surface area contributed by atoms with Crippen molar-refractivity contribution in [1.82, 2.24) is 19.4 Å². The molecule has 0 radical (unpaired) electrons. The second-order valence-corrected chi connectivity index (χ2v) is 6.77. The molecule has 27 heavy (non-hydrogen) atoms. The van der Waals surface area contributed by atoms with E-state index in [1.807, 2.05) is 42.2 Å². The van der Waals surface area contributed by atoms with Gasteiger partial charge in [-0.05, 0) is 36.8 Å². The van der Waals surface area contributed by atoms with E-state index < -0.39 is 0 Å². The summed E-state index contributed by atoms with van der Waals surface area (Å²) in [6.45, 7) is 3.75. The van der Waals surface area contributed by atoms with Crippen molar-refractivity contribution in [3.63, 3.8) is 0 Å². The quantitative estimate of drug-likeness (QED) is 0.699. The first kappa shape index (κ1) is 17.3. The zero-order valence-corrected chi connectivity index (χ0v) is 15.3. The Kier molecular flexibility index (Phi) is 4.87. The van der Waals surface area contributed by atoms with Crippen LogP contribution in [0.2, 0.25) is 0 Å². The number of fused-ring (bicyclic) bond motifs is 1. The van der Waals surface area contributed by atoms with Crippen molar-refractivity contribution >= 4 is 5.91 Å². The summed E-state index contributed by atoms with van der Waals surface area (Å²) in [6.07, 6.45) is 6.32. The van der Waals surface area contributed by atoms with E-state index in [0.717, 1.165) is 17.7 Å². The van der Waals surface area contributed by atoms with Gasteiger partial charge in [-0.1, -0.05) is 12.1 Å². The van der Waals surface area contributed by atoms with E-state index in [-0.39, 0.29) is 11.9 Å². The van der Waals surface area contributed by atoms with Crippen molar-refractivity contribution < 1.29 is 9.53 Å². The number of carbonyl (C=O) groups excluding carboxylic acids is 1.